The van der Waals surface area contributed by atoms with E-state index in [4.69, 9.17) is 4.98 Å². The molecule has 22 heavy (non-hydrogen) atoms. The van der Waals surface area contributed by atoms with E-state index in [2.05, 4.69) is 25.1 Å². The number of Topliss-reactive ketones (excluding diaryl/α,β-unsaturated/α-hetero) is 1. The Morgan fingerprint density at radius 2 is 1.91 bits per heavy atom. The Bertz CT molecular complexity index is 853. The van der Waals surface area contributed by atoms with Crippen molar-refractivity contribution in [2.45, 2.75) is 13.3 Å². The number of aromatic nitrogens is 1. The second-order valence-electron chi connectivity index (χ2n) is 6.04. The molecular formula is C19H20N2O. The molecule has 0 fully saturated rings. The second-order valence-corrected chi connectivity index (χ2v) is 6.04. The van der Waals surface area contributed by atoms with Crippen molar-refractivity contribution in [2.24, 2.45) is 0 Å². The molecule has 0 bridgehead atoms. The molecule has 0 saturated heterocycles. The number of para-hydroxylation sites is 1. The van der Waals surface area contributed by atoms with Gasteiger partial charge in [-0.2, -0.15) is 0 Å². The molecule has 0 aliphatic carbocycles. The van der Waals surface area contributed by atoms with E-state index in [9.17, 15) is 4.79 Å². The van der Waals surface area contributed by atoms with Crippen LogP contribution in [-0.2, 0) is 0 Å². The molecule has 0 spiro atoms. The minimum Gasteiger partial charge on any atom is -0.309 e. The molecule has 0 N–H and O–H groups in total. The number of aryl methyl sites for hydroxylation is 1. The molecule has 0 aliphatic rings. The molecule has 2 aromatic carbocycles. The van der Waals surface area contributed by atoms with Gasteiger partial charge in [0.05, 0.1) is 11.0 Å². The SMILES string of the molecule is Cc1ccc2nc3c(C(=O)CCN(C)C)cccc3cc2c1. The summed E-state index contributed by atoms with van der Waals surface area (Å²) in [6.45, 7) is 2.83. The molecule has 0 saturated carbocycles. The van der Waals surface area contributed by atoms with Gasteiger partial charge in [-0.15, -0.1) is 0 Å². The van der Waals surface area contributed by atoms with Gasteiger partial charge in [0.2, 0.25) is 0 Å². The third-order valence-corrected chi connectivity index (χ3v) is 3.88. The fourth-order valence-corrected chi connectivity index (χ4v) is 2.67. The van der Waals surface area contributed by atoms with Crippen LogP contribution in [0.5, 0.6) is 0 Å². The zero-order valence-corrected chi connectivity index (χ0v) is 13.3. The third-order valence-electron chi connectivity index (χ3n) is 3.88. The highest BCUT2D eigenvalue weighted by atomic mass is 16.1. The lowest BCUT2D eigenvalue weighted by atomic mass is 10.0. The van der Waals surface area contributed by atoms with Gasteiger partial charge >= 0.3 is 0 Å². The van der Waals surface area contributed by atoms with Crippen LogP contribution in [0, 0.1) is 6.92 Å². The van der Waals surface area contributed by atoms with E-state index in [1.54, 1.807) is 0 Å². The minimum atomic E-state index is 0.151. The monoisotopic (exact) mass is 292 g/mol. The lowest BCUT2D eigenvalue weighted by Crippen LogP contribution is -2.17. The first-order chi connectivity index (χ1) is 10.5. The van der Waals surface area contributed by atoms with Crippen LogP contribution >= 0.6 is 0 Å². The minimum absolute atomic E-state index is 0.151. The molecule has 0 amide bonds. The molecule has 3 nitrogen and oxygen atoms in total. The Morgan fingerprint density at radius 3 is 2.68 bits per heavy atom. The predicted octanol–water partition coefficient (Wildman–Crippen LogP) is 3.83. The zero-order chi connectivity index (χ0) is 15.7. The van der Waals surface area contributed by atoms with Crippen LogP contribution in [0.4, 0.5) is 0 Å². The molecular weight excluding hydrogens is 272 g/mol. The number of hydrogen-bond donors (Lipinski definition) is 0. The summed E-state index contributed by atoms with van der Waals surface area (Å²) in [5.74, 6) is 0.151. The highest BCUT2D eigenvalue weighted by Gasteiger charge is 2.12. The van der Waals surface area contributed by atoms with Crippen LogP contribution in [0.2, 0.25) is 0 Å². The van der Waals surface area contributed by atoms with Gasteiger partial charge in [0, 0.05) is 29.3 Å². The van der Waals surface area contributed by atoms with Crippen molar-refractivity contribution in [3.05, 3.63) is 53.6 Å². The summed E-state index contributed by atoms with van der Waals surface area (Å²) in [6.07, 6.45) is 0.514. The number of benzene rings is 2. The van der Waals surface area contributed by atoms with E-state index >= 15 is 0 Å². The number of nitrogens with zero attached hydrogens (tertiary/aromatic N) is 2. The van der Waals surface area contributed by atoms with Gasteiger partial charge in [0.25, 0.3) is 0 Å². The zero-order valence-electron chi connectivity index (χ0n) is 13.3. The van der Waals surface area contributed by atoms with E-state index in [1.807, 2.05) is 43.3 Å². The van der Waals surface area contributed by atoms with Crippen molar-refractivity contribution in [1.82, 2.24) is 9.88 Å². The summed E-state index contributed by atoms with van der Waals surface area (Å²) in [5, 5.41) is 2.14. The van der Waals surface area contributed by atoms with E-state index < -0.39 is 0 Å². The molecule has 3 heteroatoms. The Hall–Kier alpha value is -2.26. The van der Waals surface area contributed by atoms with Gasteiger partial charge in [-0.25, -0.2) is 4.98 Å². The van der Waals surface area contributed by atoms with Gasteiger partial charge in [-0.3, -0.25) is 4.79 Å². The van der Waals surface area contributed by atoms with E-state index in [-0.39, 0.29) is 5.78 Å². The van der Waals surface area contributed by atoms with Crippen LogP contribution < -0.4 is 0 Å². The normalized spacial score (nSPS) is 11.5. The molecule has 112 valence electrons. The van der Waals surface area contributed by atoms with E-state index in [1.165, 1.54) is 5.56 Å². The fraction of sp³-hybridized carbons (Fsp3) is 0.263. The molecule has 0 unspecified atom stereocenters. The topological polar surface area (TPSA) is 33.2 Å². The lowest BCUT2D eigenvalue weighted by Gasteiger charge is -2.10. The fourth-order valence-electron chi connectivity index (χ4n) is 2.67. The standard InChI is InChI=1S/C19H20N2O/c1-13-7-8-17-15(11-13)12-14-5-4-6-16(19(14)20-17)18(22)9-10-21(2)3/h4-8,11-12H,9-10H2,1-3H3. The smallest absolute Gasteiger partial charge is 0.166 e. The molecule has 1 aromatic heterocycles. The maximum atomic E-state index is 12.5. The number of rotatable bonds is 4. The van der Waals surface area contributed by atoms with Crippen LogP contribution in [-0.4, -0.2) is 36.3 Å². The first-order valence-corrected chi connectivity index (χ1v) is 7.52. The van der Waals surface area contributed by atoms with Crippen molar-refractivity contribution >= 4 is 27.6 Å². The summed E-state index contributed by atoms with van der Waals surface area (Å²) < 4.78 is 0. The van der Waals surface area contributed by atoms with E-state index in [0.29, 0.717) is 6.42 Å². The van der Waals surface area contributed by atoms with Crippen molar-refractivity contribution < 1.29 is 4.79 Å². The highest BCUT2D eigenvalue weighted by molar-refractivity contribution is 6.08. The van der Waals surface area contributed by atoms with Gasteiger partial charge in [0.1, 0.15) is 0 Å². The van der Waals surface area contributed by atoms with Crippen LogP contribution in [0.25, 0.3) is 21.8 Å². The average Bonchev–Trinajstić information content (AvgIpc) is 2.50. The maximum absolute atomic E-state index is 12.5. The molecule has 0 aliphatic heterocycles. The van der Waals surface area contributed by atoms with Crippen LogP contribution in [0.3, 0.4) is 0 Å². The number of carbonyl (C=O) groups is 1. The summed E-state index contributed by atoms with van der Waals surface area (Å²) >= 11 is 0. The van der Waals surface area contributed by atoms with Crippen molar-refractivity contribution in [3.8, 4) is 0 Å². The highest BCUT2D eigenvalue weighted by Crippen LogP contribution is 2.24. The summed E-state index contributed by atoms with van der Waals surface area (Å²) in [7, 11) is 3.95. The van der Waals surface area contributed by atoms with E-state index in [0.717, 1.165) is 33.9 Å². The first kappa shape index (κ1) is 14.7. The number of ketones is 1. The number of hydrogen-bond acceptors (Lipinski definition) is 3. The Kier molecular flexibility index (Phi) is 3.90. The predicted molar refractivity (Wildman–Crippen MR) is 91.5 cm³/mol. The lowest BCUT2D eigenvalue weighted by molar-refractivity contribution is 0.0974. The molecule has 0 radical (unpaired) electrons. The number of pyridine rings is 1. The van der Waals surface area contributed by atoms with Crippen molar-refractivity contribution in [1.29, 1.82) is 0 Å². The van der Waals surface area contributed by atoms with Gasteiger partial charge in [-0.05, 0) is 45.3 Å². The van der Waals surface area contributed by atoms with Crippen molar-refractivity contribution in [2.75, 3.05) is 20.6 Å². The van der Waals surface area contributed by atoms with Gasteiger partial charge < -0.3 is 4.90 Å². The third kappa shape index (κ3) is 2.85. The first-order valence-electron chi connectivity index (χ1n) is 7.52. The van der Waals surface area contributed by atoms with Gasteiger partial charge in [0.15, 0.2) is 5.78 Å². The van der Waals surface area contributed by atoms with Crippen LogP contribution in [0.1, 0.15) is 22.3 Å². The van der Waals surface area contributed by atoms with Gasteiger partial charge in [-0.1, -0.05) is 23.8 Å². The molecule has 0 atom stereocenters. The van der Waals surface area contributed by atoms with Crippen LogP contribution in [0.15, 0.2) is 42.5 Å². The van der Waals surface area contributed by atoms with Crippen molar-refractivity contribution in [3.63, 3.8) is 0 Å². The Balaban J connectivity index is 2.11. The summed E-state index contributed by atoms with van der Waals surface area (Å²) in [5.41, 5.74) is 3.68. The number of fused-ring (bicyclic) bond motifs is 2. The molecule has 3 aromatic rings. The molecule has 3 rings (SSSR count). The number of carbonyl (C=O) groups excluding carboxylic acids is 1. The maximum Gasteiger partial charge on any atom is 0.166 e. The quantitative estimate of drug-likeness (QED) is 0.541. The summed E-state index contributed by atoms with van der Waals surface area (Å²) in [4.78, 5) is 19.2. The largest absolute Gasteiger partial charge is 0.309 e. The summed E-state index contributed by atoms with van der Waals surface area (Å²) in [6, 6.07) is 14.2. The average molecular weight is 292 g/mol. The Labute approximate surface area is 130 Å². The Morgan fingerprint density at radius 1 is 1.09 bits per heavy atom. The molecule has 1 heterocycles. The second kappa shape index (κ2) is 5.85.